The van der Waals surface area contributed by atoms with Crippen LogP contribution < -0.4 is 15.4 Å². The van der Waals surface area contributed by atoms with Gasteiger partial charge in [0.25, 0.3) is 5.91 Å². The molecule has 0 aliphatic heterocycles. The smallest absolute Gasteiger partial charge is 0.338 e. The molecule has 7 nitrogen and oxygen atoms in total. The zero-order valence-corrected chi connectivity index (χ0v) is 17.6. The first kappa shape index (κ1) is 20.7. The maximum Gasteiger partial charge on any atom is 0.338 e. The lowest BCUT2D eigenvalue weighted by molar-refractivity contribution is 0.0378. The molecule has 0 saturated heterocycles. The fourth-order valence-electron chi connectivity index (χ4n) is 2.43. The Morgan fingerprint density at radius 1 is 1.10 bits per heavy atom. The number of nitrogens with one attached hydrogen (secondary N) is 2. The summed E-state index contributed by atoms with van der Waals surface area (Å²) in [5.41, 5.74) is 1.62. The summed E-state index contributed by atoms with van der Waals surface area (Å²) in [7, 11) is 1.56. The molecule has 29 heavy (non-hydrogen) atoms. The van der Waals surface area contributed by atoms with E-state index in [2.05, 4.69) is 15.6 Å². The van der Waals surface area contributed by atoms with Crippen LogP contribution in [0.25, 0.3) is 10.2 Å². The van der Waals surface area contributed by atoms with E-state index in [0.29, 0.717) is 27.5 Å². The van der Waals surface area contributed by atoms with E-state index < -0.39 is 0 Å². The second-order valence-electron chi connectivity index (χ2n) is 6.29. The van der Waals surface area contributed by atoms with Crippen molar-refractivity contribution in [1.82, 2.24) is 10.3 Å². The average Bonchev–Trinajstić information content (AvgIpc) is 3.08. The Labute approximate surface area is 177 Å². The van der Waals surface area contributed by atoms with Crippen molar-refractivity contribution in [2.24, 2.45) is 0 Å². The number of hydrogen-bond acceptors (Lipinski definition) is 7. The third-order valence-corrected chi connectivity index (χ3v) is 4.90. The van der Waals surface area contributed by atoms with E-state index in [1.54, 1.807) is 63.4 Å². The number of rotatable bonds is 5. The SMILES string of the molecule is COc1ccc(C(=O)NC(=S)Nc2nc3ccc(C(=O)OC(C)C)cc3s2)cc1. The van der Waals surface area contributed by atoms with E-state index in [4.69, 9.17) is 21.7 Å². The predicted octanol–water partition coefficient (Wildman–Crippen LogP) is 4.00. The molecule has 1 heterocycles. The van der Waals surface area contributed by atoms with E-state index in [1.807, 2.05) is 0 Å². The van der Waals surface area contributed by atoms with Gasteiger partial charge in [-0.3, -0.25) is 10.1 Å². The van der Waals surface area contributed by atoms with Gasteiger partial charge in [-0.1, -0.05) is 11.3 Å². The highest BCUT2D eigenvalue weighted by Crippen LogP contribution is 2.27. The molecule has 0 unspecified atom stereocenters. The number of fused-ring (bicyclic) bond motifs is 1. The molecule has 1 amide bonds. The van der Waals surface area contributed by atoms with Crippen LogP contribution in [0.3, 0.4) is 0 Å². The second-order valence-corrected chi connectivity index (χ2v) is 7.73. The highest BCUT2D eigenvalue weighted by molar-refractivity contribution is 7.80. The van der Waals surface area contributed by atoms with Gasteiger partial charge in [0, 0.05) is 5.56 Å². The number of carbonyl (C=O) groups is 2. The third-order valence-electron chi connectivity index (χ3n) is 3.77. The maximum atomic E-state index is 12.3. The Hall–Kier alpha value is -3.04. The van der Waals surface area contributed by atoms with Crippen LogP contribution in [-0.4, -0.2) is 35.2 Å². The summed E-state index contributed by atoms with van der Waals surface area (Å²) in [5, 5.41) is 6.15. The van der Waals surface area contributed by atoms with E-state index >= 15 is 0 Å². The first-order valence-electron chi connectivity index (χ1n) is 8.73. The van der Waals surface area contributed by atoms with Crippen LogP contribution in [0.4, 0.5) is 5.13 Å². The molecule has 0 fully saturated rings. The van der Waals surface area contributed by atoms with Crippen molar-refractivity contribution in [2.75, 3.05) is 12.4 Å². The van der Waals surface area contributed by atoms with E-state index in [9.17, 15) is 9.59 Å². The summed E-state index contributed by atoms with van der Waals surface area (Å²) in [6, 6.07) is 11.8. The van der Waals surface area contributed by atoms with Crippen molar-refractivity contribution in [3.63, 3.8) is 0 Å². The lowest BCUT2D eigenvalue weighted by Crippen LogP contribution is -2.34. The van der Waals surface area contributed by atoms with Gasteiger partial charge in [0.05, 0.1) is 29.0 Å². The fourth-order valence-corrected chi connectivity index (χ4v) is 3.60. The molecular formula is C20H19N3O4S2. The molecule has 2 aromatic carbocycles. The number of methoxy groups -OCH3 is 1. The molecule has 9 heteroatoms. The second kappa shape index (κ2) is 8.97. The molecule has 0 saturated carbocycles. The van der Waals surface area contributed by atoms with Gasteiger partial charge in [0.2, 0.25) is 0 Å². The fraction of sp³-hybridized carbons (Fsp3) is 0.200. The number of benzene rings is 2. The van der Waals surface area contributed by atoms with Gasteiger partial charge in [0.15, 0.2) is 10.2 Å². The quantitative estimate of drug-likeness (QED) is 0.468. The number of carbonyl (C=O) groups excluding carboxylic acids is 2. The lowest BCUT2D eigenvalue weighted by Gasteiger charge is -2.07. The first-order valence-corrected chi connectivity index (χ1v) is 9.96. The Kier molecular flexibility index (Phi) is 6.40. The zero-order valence-electron chi connectivity index (χ0n) is 16.0. The Morgan fingerprint density at radius 3 is 2.45 bits per heavy atom. The van der Waals surface area contributed by atoms with Crippen molar-refractivity contribution in [3.05, 3.63) is 53.6 Å². The van der Waals surface area contributed by atoms with Crippen molar-refractivity contribution >= 4 is 55.9 Å². The summed E-state index contributed by atoms with van der Waals surface area (Å²) < 4.78 is 11.1. The Morgan fingerprint density at radius 2 is 1.79 bits per heavy atom. The summed E-state index contributed by atoms with van der Waals surface area (Å²) in [6.45, 7) is 3.60. The van der Waals surface area contributed by atoms with Gasteiger partial charge < -0.3 is 14.8 Å². The Bertz CT molecular complexity index is 1060. The molecular weight excluding hydrogens is 410 g/mol. The number of hydrogen-bond donors (Lipinski definition) is 2. The van der Waals surface area contributed by atoms with Crippen LogP contribution in [-0.2, 0) is 4.74 Å². The number of anilines is 1. The number of amides is 1. The normalized spacial score (nSPS) is 10.6. The molecule has 0 aliphatic rings. The van der Waals surface area contributed by atoms with Crippen LogP contribution in [0.1, 0.15) is 34.6 Å². The molecule has 1 aromatic heterocycles. The molecule has 0 bridgehead atoms. The maximum absolute atomic E-state index is 12.3. The van der Waals surface area contributed by atoms with Crippen molar-refractivity contribution in [2.45, 2.75) is 20.0 Å². The number of aromatic nitrogens is 1. The van der Waals surface area contributed by atoms with E-state index in [-0.39, 0.29) is 23.1 Å². The molecule has 3 rings (SSSR count). The molecule has 0 aliphatic carbocycles. The Balaban J connectivity index is 1.66. The van der Waals surface area contributed by atoms with Crippen molar-refractivity contribution in [1.29, 1.82) is 0 Å². The average molecular weight is 430 g/mol. The molecule has 0 radical (unpaired) electrons. The predicted molar refractivity (Wildman–Crippen MR) is 117 cm³/mol. The van der Waals surface area contributed by atoms with Crippen LogP contribution >= 0.6 is 23.6 Å². The van der Waals surface area contributed by atoms with Gasteiger partial charge in [-0.05, 0) is 68.5 Å². The molecule has 0 atom stereocenters. The van der Waals surface area contributed by atoms with E-state index in [0.717, 1.165) is 4.70 Å². The molecule has 150 valence electrons. The summed E-state index contributed by atoms with van der Waals surface area (Å²) >= 11 is 6.52. The highest BCUT2D eigenvalue weighted by atomic mass is 32.1. The number of ether oxygens (including phenoxy) is 2. The summed E-state index contributed by atoms with van der Waals surface area (Å²) in [4.78, 5) is 28.7. The summed E-state index contributed by atoms with van der Waals surface area (Å²) in [5.74, 6) is -0.0644. The standard InChI is InChI=1S/C20H19N3O4S2/c1-11(2)27-18(25)13-6-9-15-16(10-13)29-20(21-15)23-19(28)22-17(24)12-4-7-14(26-3)8-5-12/h4-11H,1-3H3,(H2,21,22,23,24,28). The van der Waals surface area contributed by atoms with Gasteiger partial charge in [-0.2, -0.15) is 0 Å². The van der Waals surface area contributed by atoms with Crippen LogP contribution in [0.15, 0.2) is 42.5 Å². The zero-order chi connectivity index (χ0) is 21.0. The van der Waals surface area contributed by atoms with Gasteiger partial charge in [0.1, 0.15) is 5.75 Å². The minimum absolute atomic E-state index is 0.129. The molecule has 2 N–H and O–H groups in total. The molecule has 0 spiro atoms. The van der Waals surface area contributed by atoms with Crippen LogP contribution in [0.2, 0.25) is 0 Å². The summed E-state index contributed by atoms with van der Waals surface area (Å²) in [6.07, 6.45) is -0.191. The third kappa shape index (κ3) is 5.27. The van der Waals surface area contributed by atoms with E-state index in [1.165, 1.54) is 11.3 Å². The number of thiocarbonyl (C=S) groups is 1. The van der Waals surface area contributed by atoms with Gasteiger partial charge in [-0.25, -0.2) is 9.78 Å². The lowest BCUT2D eigenvalue weighted by atomic mass is 10.2. The van der Waals surface area contributed by atoms with Gasteiger partial charge in [-0.15, -0.1) is 0 Å². The number of esters is 1. The molecule has 3 aromatic rings. The highest BCUT2D eigenvalue weighted by Gasteiger charge is 2.13. The minimum Gasteiger partial charge on any atom is -0.497 e. The van der Waals surface area contributed by atoms with Gasteiger partial charge >= 0.3 is 5.97 Å². The van der Waals surface area contributed by atoms with Crippen LogP contribution in [0, 0.1) is 0 Å². The number of thiazole rings is 1. The number of nitrogens with zero attached hydrogens (tertiary/aromatic N) is 1. The monoisotopic (exact) mass is 429 g/mol. The largest absolute Gasteiger partial charge is 0.497 e. The van der Waals surface area contributed by atoms with Crippen LogP contribution in [0.5, 0.6) is 5.75 Å². The topological polar surface area (TPSA) is 89.5 Å². The van der Waals surface area contributed by atoms with Crippen molar-refractivity contribution in [3.8, 4) is 5.75 Å². The first-order chi connectivity index (χ1) is 13.9. The minimum atomic E-state index is -0.382. The van der Waals surface area contributed by atoms with Crippen molar-refractivity contribution < 1.29 is 19.1 Å².